The summed E-state index contributed by atoms with van der Waals surface area (Å²) in [6.07, 6.45) is 0. The van der Waals surface area contributed by atoms with Gasteiger partial charge in [-0.15, -0.1) is 0 Å². The number of ether oxygens (including phenoxy) is 2. The molecule has 2 aromatic rings. The number of benzene rings is 2. The van der Waals surface area contributed by atoms with Crippen molar-refractivity contribution in [3.05, 3.63) is 46.0 Å². The third kappa shape index (κ3) is 1.31. The second-order valence-corrected chi connectivity index (χ2v) is 4.67. The van der Waals surface area contributed by atoms with Crippen LogP contribution < -0.4 is 0 Å². The van der Waals surface area contributed by atoms with Crippen LogP contribution in [0.15, 0.2) is 12.1 Å². The summed E-state index contributed by atoms with van der Waals surface area (Å²) in [5.74, 6) is -7.19. The first-order valence-corrected chi connectivity index (χ1v) is 5.92. The number of esters is 4. The third-order valence-electron chi connectivity index (χ3n) is 3.53. The minimum atomic E-state index is -1.27. The van der Waals surface area contributed by atoms with E-state index in [2.05, 4.69) is 9.47 Å². The van der Waals surface area contributed by atoms with Crippen molar-refractivity contribution in [1.29, 1.82) is 0 Å². The largest absolute Gasteiger partial charge is 0.386 e. The molecule has 0 spiro atoms. The van der Waals surface area contributed by atoms with Crippen LogP contribution in [0.2, 0.25) is 0 Å². The van der Waals surface area contributed by atoms with Gasteiger partial charge in [0.05, 0.1) is 11.1 Å². The van der Waals surface area contributed by atoms with E-state index in [1.807, 2.05) is 0 Å². The van der Waals surface area contributed by atoms with Crippen LogP contribution in [0.25, 0.3) is 10.8 Å². The van der Waals surface area contributed by atoms with Crippen LogP contribution in [0.3, 0.4) is 0 Å². The molecule has 108 valence electrons. The molecule has 22 heavy (non-hydrogen) atoms. The Bertz CT molecular complexity index is 896. The lowest BCUT2D eigenvalue weighted by Gasteiger charge is -2.22. The van der Waals surface area contributed by atoms with Crippen LogP contribution in [0, 0.1) is 11.6 Å². The zero-order valence-electron chi connectivity index (χ0n) is 10.4. The Labute approximate surface area is 119 Å². The Morgan fingerprint density at radius 2 is 1.00 bits per heavy atom. The Kier molecular flexibility index (Phi) is 2.13. The van der Waals surface area contributed by atoms with E-state index in [1.54, 1.807) is 0 Å². The smallest absolute Gasteiger partial charge is 0.349 e. The Hall–Kier alpha value is -3.16. The average Bonchev–Trinajstić information content (AvgIpc) is 2.43. The van der Waals surface area contributed by atoms with E-state index >= 15 is 0 Å². The monoisotopic (exact) mass is 304 g/mol. The summed E-state index contributed by atoms with van der Waals surface area (Å²) in [6, 6.07) is 1.30. The van der Waals surface area contributed by atoms with Crippen LogP contribution in [-0.2, 0) is 9.47 Å². The van der Waals surface area contributed by atoms with E-state index in [-0.39, 0.29) is 10.8 Å². The molecule has 2 aliphatic heterocycles. The first-order chi connectivity index (χ1) is 10.4. The highest BCUT2D eigenvalue weighted by Crippen LogP contribution is 2.38. The maximum Gasteiger partial charge on any atom is 0.349 e. The van der Waals surface area contributed by atoms with Crippen molar-refractivity contribution in [2.75, 3.05) is 0 Å². The number of carbonyl (C=O) groups is 4. The van der Waals surface area contributed by atoms with Gasteiger partial charge in [-0.1, -0.05) is 0 Å². The summed E-state index contributed by atoms with van der Waals surface area (Å²) in [5, 5.41) is -0.643. The summed E-state index contributed by atoms with van der Waals surface area (Å²) in [5.41, 5.74) is -2.13. The average molecular weight is 304 g/mol. The molecule has 0 amide bonds. The van der Waals surface area contributed by atoms with Crippen molar-refractivity contribution < 1.29 is 37.4 Å². The van der Waals surface area contributed by atoms with Crippen molar-refractivity contribution in [2.24, 2.45) is 0 Å². The highest BCUT2D eigenvalue weighted by Gasteiger charge is 2.39. The minimum Gasteiger partial charge on any atom is -0.386 e. The number of halogens is 2. The van der Waals surface area contributed by atoms with Gasteiger partial charge in [0.1, 0.15) is 22.8 Å². The fraction of sp³-hybridized carbons (Fsp3) is 0. The summed E-state index contributed by atoms with van der Waals surface area (Å²) in [6.45, 7) is 0. The molecule has 0 fully saturated rings. The second-order valence-electron chi connectivity index (χ2n) is 4.67. The number of hydrogen-bond donors (Lipinski definition) is 0. The summed E-state index contributed by atoms with van der Waals surface area (Å²) >= 11 is 0. The molecule has 0 saturated heterocycles. The molecule has 0 atom stereocenters. The predicted octanol–water partition coefficient (Wildman–Crippen LogP) is 1.74. The first-order valence-electron chi connectivity index (χ1n) is 5.92. The summed E-state index contributed by atoms with van der Waals surface area (Å²) in [4.78, 5) is 46.8. The van der Waals surface area contributed by atoms with Gasteiger partial charge < -0.3 is 9.47 Å². The van der Waals surface area contributed by atoms with Gasteiger partial charge >= 0.3 is 23.9 Å². The fourth-order valence-corrected chi connectivity index (χ4v) is 2.67. The molecular formula is C14H2F2O6. The Morgan fingerprint density at radius 3 is 1.36 bits per heavy atom. The van der Waals surface area contributed by atoms with E-state index in [9.17, 15) is 28.0 Å². The molecule has 0 aliphatic carbocycles. The van der Waals surface area contributed by atoms with Gasteiger partial charge in [0.25, 0.3) is 0 Å². The molecule has 0 bridgehead atoms. The van der Waals surface area contributed by atoms with Crippen molar-refractivity contribution in [1.82, 2.24) is 0 Å². The molecule has 8 heteroatoms. The van der Waals surface area contributed by atoms with Crippen LogP contribution >= 0.6 is 0 Å². The zero-order chi connectivity index (χ0) is 15.8. The molecule has 4 rings (SSSR count). The van der Waals surface area contributed by atoms with E-state index in [0.717, 1.165) is 0 Å². The molecular weight excluding hydrogens is 302 g/mol. The lowest BCUT2D eigenvalue weighted by molar-refractivity contribution is 0.0360. The standard InChI is InChI=1S/C14H2F2O6/c15-5-1-3-7-8-4(12(18)22-13(19)9(5)8)2-6(16)10(7)14(20)21-11(3)17/h1-2H. The molecule has 2 heterocycles. The third-order valence-corrected chi connectivity index (χ3v) is 3.53. The van der Waals surface area contributed by atoms with E-state index < -0.39 is 57.8 Å². The maximum absolute atomic E-state index is 14.1. The topological polar surface area (TPSA) is 86.7 Å². The summed E-state index contributed by atoms with van der Waals surface area (Å²) < 4.78 is 36.9. The Morgan fingerprint density at radius 1 is 0.636 bits per heavy atom. The van der Waals surface area contributed by atoms with Crippen LogP contribution in [0.1, 0.15) is 41.4 Å². The van der Waals surface area contributed by atoms with Crippen LogP contribution in [0.5, 0.6) is 0 Å². The number of cyclic esters (lactones) is 4. The number of carbonyl (C=O) groups excluding carboxylic acids is 4. The lowest BCUT2D eigenvalue weighted by atomic mass is 9.88. The SMILES string of the molecule is O=C1OC(=O)c2c(F)cc3c4c(c(F)cc1c24)C(=O)OC3=O. The van der Waals surface area contributed by atoms with Crippen LogP contribution in [-0.4, -0.2) is 23.9 Å². The van der Waals surface area contributed by atoms with Crippen molar-refractivity contribution in [3.8, 4) is 0 Å². The highest BCUT2D eigenvalue weighted by atomic mass is 19.1. The van der Waals surface area contributed by atoms with E-state index in [0.29, 0.717) is 12.1 Å². The highest BCUT2D eigenvalue weighted by molar-refractivity contribution is 6.29. The molecule has 0 unspecified atom stereocenters. The quantitative estimate of drug-likeness (QED) is 0.544. The molecule has 0 N–H and O–H groups in total. The molecule has 0 saturated carbocycles. The van der Waals surface area contributed by atoms with Crippen molar-refractivity contribution in [2.45, 2.75) is 0 Å². The molecule has 2 aromatic carbocycles. The van der Waals surface area contributed by atoms with Gasteiger partial charge in [-0.25, -0.2) is 28.0 Å². The minimum absolute atomic E-state index is 0.322. The number of hydrogen-bond acceptors (Lipinski definition) is 6. The van der Waals surface area contributed by atoms with Gasteiger partial charge in [-0.2, -0.15) is 0 Å². The zero-order valence-corrected chi connectivity index (χ0v) is 10.4. The second kappa shape index (κ2) is 3.73. The van der Waals surface area contributed by atoms with Crippen molar-refractivity contribution in [3.63, 3.8) is 0 Å². The van der Waals surface area contributed by atoms with E-state index in [1.165, 1.54) is 0 Å². The van der Waals surface area contributed by atoms with Crippen LogP contribution in [0.4, 0.5) is 8.78 Å². The van der Waals surface area contributed by atoms with Gasteiger partial charge in [-0.05, 0) is 12.1 Å². The maximum atomic E-state index is 14.1. The first kappa shape index (κ1) is 12.6. The van der Waals surface area contributed by atoms with Gasteiger partial charge in [0.2, 0.25) is 0 Å². The van der Waals surface area contributed by atoms with Gasteiger partial charge in [-0.3, -0.25) is 0 Å². The Balaban J connectivity index is 2.36. The van der Waals surface area contributed by atoms with Gasteiger partial charge in [0.15, 0.2) is 0 Å². The predicted molar refractivity (Wildman–Crippen MR) is 63.4 cm³/mol. The number of rotatable bonds is 0. The van der Waals surface area contributed by atoms with Gasteiger partial charge in [0, 0.05) is 10.8 Å². The van der Waals surface area contributed by atoms with E-state index in [4.69, 9.17) is 0 Å². The summed E-state index contributed by atoms with van der Waals surface area (Å²) in [7, 11) is 0. The molecule has 6 nitrogen and oxygen atoms in total. The fourth-order valence-electron chi connectivity index (χ4n) is 2.67. The molecule has 0 aromatic heterocycles. The normalized spacial score (nSPS) is 15.9. The lowest BCUT2D eigenvalue weighted by Crippen LogP contribution is -2.27. The molecule has 2 aliphatic rings. The molecule has 0 radical (unpaired) electrons. The van der Waals surface area contributed by atoms with Crippen molar-refractivity contribution >= 4 is 34.6 Å².